The molecule has 1 aromatic carbocycles. The van der Waals surface area contributed by atoms with E-state index in [1.54, 1.807) is 0 Å². The highest BCUT2D eigenvalue weighted by Gasteiger charge is 2.29. The Morgan fingerprint density at radius 1 is 1.26 bits per heavy atom. The van der Waals surface area contributed by atoms with Gasteiger partial charge in [0.2, 0.25) is 0 Å². The lowest BCUT2D eigenvalue weighted by Crippen LogP contribution is -2.29. The summed E-state index contributed by atoms with van der Waals surface area (Å²) in [6.07, 6.45) is 5.89. The average molecular weight is 329 g/mol. The fraction of sp³-hybridized carbons (Fsp3) is 0.444. The van der Waals surface area contributed by atoms with Gasteiger partial charge in [-0.05, 0) is 42.5 Å². The molecule has 1 saturated carbocycles. The molecule has 1 aliphatic heterocycles. The van der Waals surface area contributed by atoms with Gasteiger partial charge in [0.05, 0.1) is 6.54 Å². The lowest BCUT2D eigenvalue weighted by atomic mass is 9.99. The molecule has 1 fully saturated rings. The van der Waals surface area contributed by atoms with Gasteiger partial charge in [0.15, 0.2) is 0 Å². The summed E-state index contributed by atoms with van der Waals surface area (Å²) in [5.74, 6) is 2.88. The summed E-state index contributed by atoms with van der Waals surface area (Å²) in [4.78, 5) is 2.43. The predicted molar refractivity (Wildman–Crippen MR) is 92.3 cm³/mol. The van der Waals surface area contributed by atoms with E-state index < -0.39 is 0 Å². The predicted octanol–water partition coefficient (Wildman–Crippen LogP) is 3.64. The minimum atomic E-state index is 0.650. The summed E-state index contributed by atoms with van der Waals surface area (Å²) in [5, 5.41) is 9.57. The normalized spacial score (nSPS) is 19.0. The van der Waals surface area contributed by atoms with Crippen molar-refractivity contribution in [3.63, 3.8) is 0 Å². The summed E-state index contributed by atoms with van der Waals surface area (Å²) in [6.45, 7) is 2.87. The van der Waals surface area contributed by atoms with E-state index in [-0.39, 0.29) is 0 Å². The molecule has 0 unspecified atom stereocenters. The summed E-state index contributed by atoms with van der Waals surface area (Å²) < 4.78 is 2.19. The SMILES string of the molecule is Cn1c(CN2CC=C(c3cccc(Cl)c3)CC2)nnc1C1CC1. The molecular formula is C18H21ClN4. The second-order valence-electron chi connectivity index (χ2n) is 6.53. The second-order valence-corrected chi connectivity index (χ2v) is 6.97. The third kappa shape index (κ3) is 3.19. The summed E-state index contributed by atoms with van der Waals surface area (Å²) >= 11 is 6.09. The third-order valence-electron chi connectivity index (χ3n) is 4.79. The van der Waals surface area contributed by atoms with Crippen molar-refractivity contribution in [3.8, 4) is 0 Å². The number of hydrogen-bond acceptors (Lipinski definition) is 3. The molecule has 0 amide bonds. The quantitative estimate of drug-likeness (QED) is 0.859. The van der Waals surface area contributed by atoms with Crippen LogP contribution in [0.4, 0.5) is 0 Å². The Morgan fingerprint density at radius 3 is 2.83 bits per heavy atom. The maximum atomic E-state index is 6.09. The largest absolute Gasteiger partial charge is 0.317 e. The van der Waals surface area contributed by atoms with Crippen LogP contribution in [0.15, 0.2) is 30.3 Å². The molecule has 0 spiro atoms. The van der Waals surface area contributed by atoms with Crippen LogP contribution in [-0.4, -0.2) is 32.8 Å². The highest BCUT2D eigenvalue weighted by atomic mass is 35.5. The second kappa shape index (κ2) is 6.10. The van der Waals surface area contributed by atoms with E-state index in [4.69, 9.17) is 11.6 Å². The number of rotatable bonds is 4. The van der Waals surface area contributed by atoms with Gasteiger partial charge >= 0.3 is 0 Å². The van der Waals surface area contributed by atoms with Crippen LogP contribution in [0, 0.1) is 0 Å². The first-order valence-corrected chi connectivity index (χ1v) is 8.64. The fourth-order valence-corrected chi connectivity index (χ4v) is 3.41. The number of benzene rings is 1. The number of nitrogens with zero attached hydrogens (tertiary/aromatic N) is 4. The zero-order chi connectivity index (χ0) is 15.8. The molecule has 0 saturated heterocycles. The Balaban J connectivity index is 1.43. The van der Waals surface area contributed by atoms with E-state index in [1.165, 1.54) is 24.0 Å². The van der Waals surface area contributed by atoms with Gasteiger partial charge in [0.1, 0.15) is 11.6 Å². The van der Waals surface area contributed by atoms with Gasteiger partial charge < -0.3 is 4.57 Å². The first kappa shape index (κ1) is 14.9. The highest BCUT2D eigenvalue weighted by Crippen LogP contribution is 2.38. The van der Waals surface area contributed by atoms with Crippen molar-refractivity contribution in [2.75, 3.05) is 13.1 Å². The molecule has 4 rings (SSSR count). The molecule has 0 N–H and O–H groups in total. The minimum absolute atomic E-state index is 0.650. The molecule has 0 bridgehead atoms. The van der Waals surface area contributed by atoms with E-state index in [1.807, 2.05) is 18.2 Å². The van der Waals surface area contributed by atoms with Crippen molar-refractivity contribution in [1.82, 2.24) is 19.7 Å². The Labute approximate surface area is 141 Å². The molecule has 2 heterocycles. The van der Waals surface area contributed by atoms with Crippen LogP contribution in [0.5, 0.6) is 0 Å². The van der Waals surface area contributed by atoms with Crippen LogP contribution >= 0.6 is 11.6 Å². The number of halogens is 1. The first-order chi connectivity index (χ1) is 11.2. The van der Waals surface area contributed by atoms with E-state index >= 15 is 0 Å². The Hall–Kier alpha value is -1.65. The molecule has 4 nitrogen and oxygen atoms in total. The van der Waals surface area contributed by atoms with Crippen molar-refractivity contribution >= 4 is 17.2 Å². The van der Waals surface area contributed by atoms with Crippen molar-refractivity contribution < 1.29 is 0 Å². The molecule has 0 atom stereocenters. The van der Waals surface area contributed by atoms with Gasteiger partial charge in [-0.2, -0.15) is 0 Å². The zero-order valence-corrected chi connectivity index (χ0v) is 14.1. The maximum absolute atomic E-state index is 6.09. The summed E-state index contributed by atoms with van der Waals surface area (Å²) in [5.41, 5.74) is 2.63. The molecule has 5 heteroatoms. The first-order valence-electron chi connectivity index (χ1n) is 8.26. The minimum Gasteiger partial charge on any atom is -0.317 e. The Bertz CT molecular complexity index is 745. The monoisotopic (exact) mass is 328 g/mol. The highest BCUT2D eigenvalue weighted by molar-refractivity contribution is 6.30. The van der Waals surface area contributed by atoms with Gasteiger partial charge in [-0.1, -0.05) is 29.8 Å². The number of hydrogen-bond donors (Lipinski definition) is 0. The van der Waals surface area contributed by atoms with Crippen molar-refractivity contribution in [2.45, 2.75) is 31.7 Å². The Morgan fingerprint density at radius 2 is 2.13 bits per heavy atom. The summed E-state index contributed by atoms with van der Waals surface area (Å²) in [6, 6.07) is 8.13. The fourth-order valence-electron chi connectivity index (χ4n) is 3.22. The van der Waals surface area contributed by atoms with E-state index in [0.717, 1.165) is 42.7 Å². The van der Waals surface area contributed by atoms with Gasteiger partial charge in [0, 0.05) is 31.1 Å². The maximum Gasteiger partial charge on any atom is 0.146 e. The lowest BCUT2D eigenvalue weighted by molar-refractivity contribution is 0.283. The molecule has 2 aliphatic rings. The van der Waals surface area contributed by atoms with E-state index in [2.05, 4.69) is 38.9 Å². The average Bonchev–Trinajstić information content (AvgIpc) is 3.34. The van der Waals surface area contributed by atoms with Crippen molar-refractivity contribution in [3.05, 3.63) is 52.6 Å². The van der Waals surface area contributed by atoms with Gasteiger partial charge in [0.25, 0.3) is 0 Å². The topological polar surface area (TPSA) is 34.0 Å². The van der Waals surface area contributed by atoms with Crippen LogP contribution in [0.25, 0.3) is 5.57 Å². The molecule has 120 valence electrons. The zero-order valence-electron chi connectivity index (χ0n) is 13.4. The molecule has 1 aromatic heterocycles. The van der Waals surface area contributed by atoms with Crippen molar-refractivity contribution in [1.29, 1.82) is 0 Å². The van der Waals surface area contributed by atoms with Crippen molar-refractivity contribution in [2.24, 2.45) is 7.05 Å². The van der Waals surface area contributed by atoms with E-state index in [0.29, 0.717) is 5.92 Å². The van der Waals surface area contributed by atoms with Gasteiger partial charge in [-0.15, -0.1) is 10.2 Å². The van der Waals surface area contributed by atoms with E-state index in [9.17, 15) is 0 Å². The standard InChI is InChI=1S/C18H21ClN4/c1-22-17(20-21-18(22)14-5-6-14)12-23-9-7-13(8-10-23)15-3-2-4-16(19)11-15/h2-4,7,11,14H,5-6,8-10,12H2,1H3. The summed E-state index contributed by atoms with van der Waals surface area (Å²) in [7, 11) is 2.10. The molecular weight excluding hydrogens is 308 g/mol. The third-order valence-corrected chi connectivity index (χ3v) is 5.03. The molecule has 23 heavy (non-hydrogen) atoms. The van der Waals surface area contributed by atoms with Gasteiger partial charge in [-0.3, -0.25) is 4.90 Å². The molecule has 1 aliphatic carbocycles. The smallest absolute Gasteiger partial charge is 0.146 e. The van der Waals surface area contributed by atoms with Crippen LogP contribution < -0.4 is 0 Å². The van der Waals surface area contributed by atoms with Crippen LogP contribution in [0.2, 0.25) is 5.02 Å². The van der Waals surface area contributed by atoms with Crippen LogP contribution in [0.1, 0.15) is 42.4 Å². The number of aromatic nitrogens is 3. The Kier molecular flexibility index (Phi) is 3.95. The lowest BCUT2D eigenvalue weighted by Gasteiger charge is -2.26. The molecule has 0 radical (unpaired) electrons. The van der Waals surface area contributed by atoms with Crippen LogP contribution in [0.3, 0.4) is 0 Å². The van der Waals surface area contributed by atoms with Gasteiger partial charge in [-0.25, -0.2) is 0 Å². The molecule has 2 aromatic rings. The van der Waals surface area contributed by atoms with Crippen LogP contribution in [-0.2, 0) is 13.6 Å².